The first-order chi connectivity index (χ1) is 18.2. The summed E-state index contributed by atoms with van der Waals surface area (Å²) in [6.07, 6.45) is 5.94. The number of carboxylic acids is 1. The zero-order chi connectivity index (χ0) is 27.3. The fourth-order valence-electron chi connectivity index (χ4n) is 5.28. The number of rotatable bonds is 11. The van der Waals surface area contributed by atoms with Crippen LogP contribution in [-0.4, -0.2) is 51.5 Å². The van der Waals surface area contributed by atoms with Crippen molar-refractivity contribution in [3.05, 3.63) is 47.2 Å². The van der Waals surface area contributed by atoms with Gasteiger partial charge in [0.1, 0.15) is 10.6 Å². The quantitative estimate of drug-likeness (QED) is 0.268. The molecule has 3 atom stereocenters. The SMILES string of the molecule is CCC1(C(=O)O)CCC(O)(c2ncc(-c3cc(C)cc(Nc4nccc(OCCCOC)n4)c3)s2)CC1C. The van der Waals surface area contributed by atoms with Crippen LogP contribution < -0.4 is 10.1 Å². The topological polar surface area (TPSA) is 127 Å². The van der Waals surface area contributed by atoms with Gasteiger partial charge in [0, 0.05) is 44.3 Å². The molecular formula is C28H36N4O5S. The average Bonchev–Trinajstić information content (AvgIpc) is 3.38. The van der Waals surface area contributed by atoms with Gasteiger partial charge in [-0.25, -0.2) is 9.97 Å². The number of aliphatic carboxylic acids is 1. The van der Waals surface area contributed by atoms with Crippen LogP contribution in [0.15, 0.2) is 36.7 Å². The van der Waals surface area contributed by atoms with E-state index in [-0.39, 0.29) is 5.92 Å². The van der Waals surface area contributed by atoms with Crippen molar-refractivity contribution in [3.8, 4) is 16.3 Å². The Morgan fingerprint density at radius 3 is 2.76 bits per heavy atom. The second-order valence-electron chi connectivity index (χ2n) is 10.1. The predicted octanol–water partition coefficient (Wildman–Crippen LogP) is 5.56. The number of hydrogen-bond donors (Lipinski definition) is 3. The van der Waals surface area contributed by atoms with Gasteiger partial charge >= 0.3 is 5.97 Å². The minimum Gasteiger partial charge on any atom is -0.481 e. The molecule has 2 heterocycles. The lowest BCUT2D eigenvalue weighted by atomic mass is 9.61. The molecule has 4 rings (SSSR count). The summed E-state index contributed by atoms with van der Waals surface area (Å²) >= 11 is 1.45. The molecule has 10 heteroatoms. The van der Waals surface area contributed by atoms with E-state index >= 15 is 0 Å². The third-order valence-corrected chi connectivity index (χ3v) is 8.76. The van der Waals surface area contributed by atoms with Gasteiger partial charge in [0.2, 0.25) is 11.8 Å². The highest BCUT2D eigenvalue weighted by molar-refractivity contribution is 7.15. The van der Waals surface area contributed by atoms with Gasteiger partial charge in [-0.1, -0.05) is 19.9 Å². The molecule has 1 fully saturated rings. The van der Waals surface area contributed by atoms with Gasteiger partial charge in [0.05, 0.1) is 16.9 Å². The highest BCUT2D eigenvalue weighted by Gasteiger charge is 2.51. The van der Waals surface area contributed by atoms with Crippen molar-refractivity contribution in [3.63, 3.8) is 0 Å². The molecule has 0 amide bonds. The van der Waals surface area contributed by atoms with Crippen LogP contribution in [0.25, 0.3) is 10.4 Å². The van der Waals surface area contributed by atoms with Crippen LogP contribution in [0.1, 0.15) is 56.5 Å². The normalized spacial score (nSPS) is 23.2. The van der Waals surface area contributed by atoms with Gasteiger partial charge in [0.25, 0.3) is 0 Å². The number of nitrogens with zero attached hydrogens (tertiary/aromatic N) is 3. The molecule has 0 radical (unpaired) electrons. The standard InChI is InChI=1S/C28H36N4O5S/c1-5-27(25(33)34)8-9-28(35,16-19(27)3)24-30-17-22(38-24)20-13-18(2)14-21(15-20)31-26-29-10-7-23(32-26)37-12-6-11-36-4/h7,10,13-15,17,19,35H,5-6,8-9,11-12,16H2,1-4H3,(H,33,34)(H,29,31,32). The lowest BCUT2D eigenvalue weighted by Crippen LogP contribution is -2.46. The van der Waals surface area contributed by atoms with E-state index in [1.54, 1.807) is 25.6 Å². The van der Waals surface area contributed by atoms with E-state index in [1.165, 1.54) is 11.3 Å². The van der Waals surface area contributed by atoms with Crippen molar-refractivity contribution < 1.29 is 24.5 Å². The van der Waals surface area contributed by atoms with Gasteiger partial charge in [0.15, 0.2) is 0 Å². The summed E-state index contributed by atoms with van der Waals surface area (Å²) in [4.78, 5) is 26.3. The zero-order valence-corrected chi connectivity index (χ0v) is 23.2. The number of nitrogens with one attached hydrogen (secondary N) is 1. The molecule has 1 saturated carbocycles. The van der Waals surface area contributed by atoms with E-state index < -0.39 is 17.0 Å². The number of carboxylic acid groups (broad SMARTS) is 1. The van der Waals surface area contributed by atoms with Crippen LogP contribution in [0.4, 0.5) is 11.6 Å². The van der Waals surface area contributed by atoms with E-state index in [9.17, 15) is 15.0 Å². The first-order valence-electron chi connectivity index (χ1n) is 12.9. The van der Waals surface area contributed by atoms with Crippen molar-refractivity contribution in [2.75, 3.05) is 25.6 Å². The second kappa shape index (κ2) is 11.8. The predicted molar refractivity (Wildman–Crippen MR) is 147 cm³/mol. The Bertz CT molecular complexity index is 1270. The Balaban J connectivity index is 1.50. The van der Waals surface area contributed by atoms with Gasteiger partial charge in [-0.2, -0.15) is 4.98 Å². The fraction of sp³-hybridized carbons (Fsp3) is 0.500. The molecule has 1 aliphatic carbocycles. The Morgan fingerprint density at radius 1 is 1.24 bits per heavy atom. The summed E-state index contributed by atoms with van der Waals surface area (Å²) < 4.78 is 10.7. The second-order valence-corrected chi connectivity index (χ2v) is 11.1. The summed E-state index contributed by atoms with van der Waals surface area (Å²) in [7, 11) is 1.66. The Kier molecular flexibility index (Phi) is 8.64. The largest absolute Gasteiger partial charge is 0.481 e. The summed E-state index contributed by atoms with van der Waals surface area (Å²) in [5, 5.41) is 25.3. The van der Waals surface area contributed by atoms with E-state index in [0.29, 0.717) is 55.7 Å². The molecule has 1 aliphatic rings. The summed E-state index contributed by atoms with van der Waals surface area (Å²) in [6, 6.07) is 7.79. The Hall–Kier alpha value is -3.08. The summed E-state index contributed by atoms with van der Waals surface area (Å²) in [5.41, 5.74) is 0.914. The van der Waals surface area contributed by atoms with Crippen LogP contribution in [-0.2, 0) is 15.1 Å². The van der Waals surface area contributed by atoms with Crippen LogP contribution in [0.5, 0.6) is 5.88 Å². The fourth-order valence-corrected chi connectivity index (χ4v) is 6.31. The van der Waals surface area contributed by atoms with Crippen LogP contribution in [0, 0.1) is 18.3 Å². The van der Waals surface area contributed by atoms with Gasteiger partial charge in [-0.3, -0.25) is 4.79 Å². The number of hydrogen-bond acceptors (Lipinski definition) is 9. The highest BCUT2D eigenvalue weighted by Crippen LogP contribution is 2.52. The number of carbonyl (C=O) groups is 1. The number of aromatic nitrogens is 3. The maximum Gasteiger partial charge on any atom is 0.309 e. The van der Waals surface area contributed by atoms with Crippen molar-refractivity contribution in [1.29, 1.82) is 0 Å². The van der Waals surface area contributed by atoms with Crippen LogP contribution in [0.3, 0.4) is 0 Å². The maximum atomic E-state index is 12.0. The molecule has 3 N–H and O–H groups in total. The molecule has 204 valence electrons. The number of methoxy groups -OCH3 is 1. The van der Waals surface area contributed by atoms with Crippen molar-refractivity contribution >= 4 is 28.9 Å². The number of ether oxygens (including phenoxy) is 2. The summed E-state index contributed by atoms with van der Waals surface area (Å²) in [6.45, 7) is 6.99. The van der Waals surface area contributed by atoms with Crippen molar-refractivity contribution in [2.24, 2.45) is 11.3 Å². The molecular weight excluding hydrogens is 504 g/mol. The van der Waals surface area contributed by atoms with Crippen LogP contribution >= 0.6 is 11.3 Å². The first kappa shape index (κ1) is 27.9. The molecule has 0 aliphatic heterocycles. The smallest absolute Gasteiger partial charge is 0.309 e. The van der Waals surface area contributed by atoms with Gasteiger partial charge in [-0.05, 0) is 61.8 Å². The van der Waals surface area contributed by atoms with Crippen molar-refractivity contribution in [2.45, 2.75) is 58.5 Å². The minimum atomic E-state index is -1.13. The molecule has 2 aromatic heterocycles. The molecule has 3 unspecified atom stereocenters. The van der Waals surface area contributed by atoms with Gasteiger partial charge < -0.3 is 25.0 Å². The lowest BCUT2D eigenvalue weighted by Gasteiger charge is -2.45. The number of aryl methyl sites for hydroxylation is 1. The first-order valence-corrected chi connectivity index (χ1v) is 13.8. The van der Waals surface area contributed by atoms with Gasteiger partial charge in [-0.15, -0.1) is 11.3 Å². The number of anilines is 2. The summed E-state index contributed by atoms with van der Waals surface area (Å²) in [5.74, 6) is -0.0189. The third kappa shape index (κ3) is 5.98. The van der Waals surface area contributed by atoms with E-state index in [1.807, 2.05) is 32.9 Å². The molecule has 38 heavy (non-hydrogen) atoms. The Labute approximate surface area is 227 Å². The highest BCUT2D eigenvalue weighted by atomic mass is 32.1. The van der Waals surface area contributed by atoms with E-state index in [4.69, 9.17) is 9.47 Å². The lowest BCUT2D eigenvalue weighted by molar-refractivity contribution is -0.162. The molecule has 1 aromatic carbocycles. The van der Waals surface area contributed by atoms with Crippen molar-refractivity contribution in [1.82, 2.24) is 15.0 Å². The maximum absolute atomic E-state index is 12.0. The number of benzene rings is 1. The van der Waals surface area contributed by atoms with E-state index in [0.717, 1.165) is 28.1 Å². The van der Waals surface area contributed by atoms with E-state index in [2.05, 4.69) is 26.3 Å². The number of aliphatic hydroxyl groups is 1. The monoisotopic (exact) mass is 540 g/mol. The molecule has 0 spiro atoms. The third-order valence-electron chi connectivity index (χ3n) is 7.52. The number of thiazole rings is 1. The molecule has 9 nitrogen and oxygen atoms in total. The molecule has 0 bridgehead atoms. The Morgan fingerprint density at radius 2 is 2.05 bits per heavy atom. The average molecular weight is 541 g/mol. The van der Waals surface area contributed by atoms with Crippen LogP contribution in [0.2, 0.25) is 0 Å². The molecule has 0 saturated heterocycles. The minimum absolute atomic E-state index is 0.161. The molecule has 3 aromatic rings. The zero-order valence-electron chi connectivity index (χ0n) is 22.4.